The number of nitrogens with one attached hydrogen (secondary N) is 1. The van der Waals surface area contributed by atoms with Crippen LogP contribution >= 0.6 is 11.6 Å². The molecule has 3 rings (SSSR count). The smallest absolute Gasteiger partial charge is 0.0760 e. The standard InChI is InChI=1S/C18H19ClN2O/c1-20-17-5-3-2-4-14(17)10-16(22)12-21-9-8-13-6-7-15(19)11-18(13)21/h2-9,11,16,20,22H,10,12H2,1H3. The third-order valence-electron chi connectivity index (χ3n) is 3.89. The molecule has 0 saturated heterocycles. The summed E-state index contributed by atoms with van der Waals surface area (Å²) in [6.45, 7) is 0.544. The van der Waals surface area contributed by atoms with Crippen molar-refractivity contribution in [1.29, 1.82) is 0 Å². The molecule has 1 heterocycles. The molecular weight excluding hydrogens is 296 g/mol. The van der Waals surface area contributed by atoms with Gasteiger partial charge in [-0.3, -0.25) is 0 Å². The van der Waals surface area contributed by atoms with Crippen molar-refractivity contribution in [3.05, 3.63) is 65.3 Å². The number of fused-ring (bicyclic) bond motifs is 1. The first kappa shape index (κ1) is 14.9. The molecule has 2 N–H and O–H groups in total. The molecule has 0 saturated carbocycles. The lowest BCUT2D eigenvalue weighted by Gasteiger charge is -2.15. The van der Waals surface area contributed by atoms with Crippen molar-refractivity contribution in [2.45, 2.75) is 19.1 Å². The van der Waals surface area contributed by atoms with Crippen LogP contribution < -0.4 is 5.32 Å². The molecular formula is C18H19ClN2O. The van der Waals surface area contributed by atoms with Crippen LogP contribution in [0.1, 0.15) is 5.56 Å². The van der Waals surface area contributed by atoms with Crippen molar-refractivity contribution in [3.8, 4) is 0 Å². The Morgan fingerprint density at radius 1 is 1.18 bits per heavy atom. The van der Waals surface area contributed by atoms with Crippen molar-refractivity contribution >= 4 is 28.2 Å². The highest BCUT2D eigenvalue weighted by atomic mass is 35.5. The predicted molar refractivity (Wildman–Crippen MR) is 92.6 cm³/mol. The highest BCUT2D eigenvalue weighted by Gasteiger charge is 2.11. The number of halogens is 1. The van der Waals surface area contributed by atoms with Gasteiger partial charge in [0.1, 0.15) is 0 Å². The highest BCUT2D eigenvalue weighted by molar-refractivity contribution is 6.31. The van der Waals surface area contributed by atoms with Crippen molar-refractivity contribution in [1.82, 2.24) is 4.57 Å². The molecule has 2 aromatic carbocycles. The van der Waals surface area contributed by atoms with Crippen molar-refractivity contribution in [2.24, 2.45) is 0 Å². The van der Waals surface area contributed by atoms with E-state index in [0.29, 0.717) is 18.0 Å². The summed E-state index contributed by atoms with van der Waals surface area (Å²) in [7, 11) is 1.90. The minimum absolute atomic E-state index is 0.455. The summed E-state index contributed by atoms with van der Waals surface area (Å²) in [6.07, 6.45) is 2.15. The van der Waals surface area contributed by atoms with E-state index in [4.69, 9.17) is 11.6 Å². The number of hydrogen-bond acceptors (Lipinski definition) is 2. The first-order chi connectivity index (χ1) is 10.7. The average Bonchev–Trinajstić information content (AvgIpc) is 2.90. The number of aliphatic hydroxyl groups excluding tert-OH is 1. The SMILES string of the molecule is CNc1ccccc1CC(O)Cn1ccc2ccc(Cl)cc21. The van der Waals surface area contributed by atoms with Crippen LogP contribution in [0.5, 0.6) is 0 Å². The van der Waals surface area contributed by atoms with E-state index < -0.39 is 6.10 Å². The first-order valence-electron chi connectivity index (χ1n) is 7.35. The van der Waals surface area contributed by atoms with Crippen LogP contribution in [0.2, 0.25) is 5.02 Å². The number of anilines is 1. The highest BCUT2D eigenvalue weighted by Crippen LogP contribution is 2.22. The monoisotopic (exact) mass is 314 g/mol. The Morgan fingerprint density at radius 3 is 2.82 bits per heavy atom. The Hall–Kier alpha value is -1.97. The van der Waals surface area contributed by atoms with Gasteiger partial charge >= 0.3 is 0 Å². The summed E-state index contributed by atoms with van der Waals surface area (Å²) in [6, 6.07) is 15.9. The van der Waals surface area contributed by atoms with E-state index in [1.807, 2.05) is 66.3 Å². The second kappa shape index (κ2) is 6.42. The third kappa shape index (κ3) is 3.11. The molecule has 4 heteroatoms. The lowest BCUT2D eigenvalue weighted by molar-refractivity contribution is 0.156. The molecule has 0 aliphatic carbocycles. The maximum Gasteiger partial charge on any atom is 0.0760 e. The Labute approximate surface area is 135 Å². The molecule has 22 heavy (non-hydrogen) atoms. The molecule has 0 aliphatic rings. The third-order valence-corrected chi connectivity index (χ3v) is 4.12. The van der Waals surface area contributed by atoms with Gasteiger partial charge in [0.25, 0.3) is 0 Å². The Kier molecular flexibility index (Phi) is 4.36. The van der Waals surface area contributed by atoms with Crippen molar-refractivity contribution < 1.29 is 5.11 Å². The van der Waals surface area contributed by atoms with Gasteiger partial charge in [-0.1, -0.05) is 35.9 Å². The molecule has 1 unspecified atom stereocenters. The minimum Gasteiger partial charge on any atom is -0.391 e. The second-order valence-corrected chi connectivity index (χ2v) is 5.87. The Bertz CT molecular complexity index is 782. The number of para-hydroxylation sites is 1. The van der Waals surface area contributed by atoms with Crippen LogP contribution in [0.3, 0.4) is 0 Å². The average molecular weight is 315 g/mol. The lowest BCUT2D eigenvalue weighted by Crippen LogP contribution is -2.18. The maximum absolute atomic E-state index is 10.4. The predicted octanol–water partition coefficient (Wildman–Crippen LogP) is 3.94. The number of rotatable bonds is 5. The van der Waals surface area contributed by atoms with E-state index in [-0.39, 0.29) is 0 Å². The molecule has 0 bridgehead atoms. The van der Waals surface area contributed by atoms with Crippen LogP contribution in [-0.4, -0.2) is 22.8 Å². The molecule has 0 aliphatic heterocycles. The zero-order valence-electron chi connectivity index (χ0n) is 12.5. The molecule has 0 amide bonds. The van der Waals surface area contributed by atoms with Gasteiger partial charge in [0.05, 0.1) is 6.10 Å². The Morgan fingerprint density at radius 2 is 2.00 bits per heavy atom. The summed E-state index contributed by atoms with van der Waals surface area (Å²) in [4.78, 5) is 0. The quantitative estimate of drug-likeness (QED) is 0.748. The van der Waals surface area contributed by atoms with E-state index in [2.05, 4.69) is 5.32 Å². The lowest BCUT2D eigenvalue weighted by atomic mass is 10.1. The van der Waals surface area contributed by atoms with E-state index in [0.717, 1.165) is 22.2 Å². The van der Waals surface area contributed by atoms with Gasteiger partial charge in [0, 0.05) is 42.4 Å². The van der Waals surface area contributed by atoms with Crippen LogP contribution in [-0.2, 0) is 13.0 Å². The molecule has 114 valence electrons. The normalized spacial score (nSPS) is 12.5. The van der Waals surface area contributed by atoms with Gasteiger partial charge < -0.3 is 15.0 Å². The maximum atomic E-state index is 10.4. The second-order valence-electron chi connectivity index (χ2n) is 5.44. The zero-order valence-corrected chi connectivity index (χ0v) is 13.2. The van der Waals surface area contributed by atoms with Crippen LogP contribution in [0.4, 0.5) is 5.69 Å². The molecule has 1 atom stereocenters. The molecule has 3 nitrogen and oxygen atoms in total. The summed E-state index contributed by atoms with van der Waals surface area (Å²) in [5, 5.41) is 15.4. The van der Waals surface area contributed by atoms with E-state index >= 15 is 0 Å². The van der Waals surface area contributed by atoms with Crippen LogP contribution in [0.15, 0.2) is 54.7 Å². The number of benzene rings is 2. The van der Waals surface area contributed by atoms with E-state index in [1.165, 1.54) is 0 Å². The van der Waals surface area contributed by atoms with E-state index in [1.54, 1.807) is 0 Å². The van der Waals surface area contributed by atoms with Gasteiger partial charge in [-0.05, 0) is 35.2 Å². The summed E-state index contributed by atoms with van der Waals surface area (Å²) >= 11 is 6.07. The number of nitrogens with zero attached hydrogens (tertiary/aromatic N) is 1. The van der Waals surface area contributed by atoms with Crippen LogP contribution in [0, 0.1) is 0 Å². The largest absolute Gasteiger partial charge is 0.391 e. The van der Waals surface area contributed by atoms with Gasteiger partial charge in [0.2, 0.25) is 0 Å². The summed E-state index contributed by atoms with van der Waals surface area (Å²) in [5.74, 6) is 0. The molecule has 0 radical (unpaired) electrons. The van der Waals surface area contributed by atoms with Crippen molar-refractivity contribution in [3.63, 3.8) is 0 Å². The fourth-order valence-corrected chi connectivity index (χ4v) is 2.97. The zero-order chi connectivity index (χ0) is 15.5. The fourth-order valence-electron chi connectivity index (χ4n) is 2.80. The summed E-state index contributed by atoms with van der Waals surface area (Å²) < 4.78 is 2.05. The molecule has 0 spiro atoms. The molecule has 1 aromatic heterocycles. The number of aromatic nitrogens is 1. The minimum atomic E-state index is -0.455. The van der Waals surface area contributed by atoms with Gasteiger partial charge in [-0.25, -0.2) is 0 Å². The van der Waals surface area contributed by atoms with Crippen LogP contribution in [0.25, 0.3) is 10.9 Å². The first-order valence-corrected chi connectivity index (χ1v) is 7.73. The topological polar surface area (TPSA) is 37.2 Å². The fraction of sp³-hybridized carbons (Fsp3) is 0.222. The van der Waals surface area contributed by atoms with Gasteiger partial charge in [-0.15, -0.1) is 0 Å². The van der Waals surface area contributed by atoms with E-state index in [9.17, 15) is 5.11 Å². The summed E-state index contributed by atoms with van der Waals surface area (Å²) in [5.41, 5.74) is 3.22. The Balaban J connectivity index is 1.78. The number of aliphatic hydroxyl groups is 1. The van der Waals surface area contributed by atoms with Gasteiger partial charge in [-0.2, -0.15) is 0 Å². The van der Waals surface area contributed by atoms with Gasteiger partial charge in [0.15, 0.2) is 0 Å². The molecule has 0 fully saturated rings. The number of hydrogen-bond donors (Lipinski definition) is 2. The van der Waals surface area contributed by atoms with Crippen molar-refractivity contribution in [2.75, 3.05) is 12.4 Å². The molecule has 3 aromatic rings.